The number of hydrogen-bond acceptors (Lipinski definition) is 2. The molecule has 0 bridgehead atoms. The zero-order valence-corrected chi connectivity index (χ0v) is 10.0. The molecule has 0 fully saturated rings. The van der Waals surface area contributed by atoms with E-state index >= 15 is 0 Å². The van der Waals surface area contributed by atoms with Gasteiger partial charge in [0.1, 0.15) is 6.10 Å². The minimum Gasteiger partial charge on any atom is -0.508 e. The van der Waals surface area contributed by atoms with Crippen LogP contribution in [0.3, 0.4) is 0 Å². The number of aryl methyl sites for hydroxylation is 1. The maximum absolute atomic E-state index is 10.4. The van der Waals surface area contributed by atoms with Crippen molar-refractivity contribution in [2.75, 3.05) is 0 Å². The fraction of sp³-hybridized carbons (Fsp3) is 0.300. The zero-order chi connectivity index (χ0) is 8.39. The van der Waals surface area contributed by atoms with E-state index in [0.717, 1.165) is 30.4 Å². The van der Waals surface area contributed by atoms with Gasteiger partial charge in [-0.3, -0.25) is 4.79 Å². The monoisotopic (exact) mass is 250 g/mol. The largest absolute Gasteiger partial charge is 0.508 e. The van der Waals surface area contributed by atoms with E-state index in [1.165, 1.54) is 0 Å². The smallest absolute Gasteiger partial charge is 0.160 e. The Balaban J connectivity index is 0.000000845. The van der Waals surface area contributed by atoms with Crippen LogP contribution in [-0.4, -0.2) is 12.4 Å². The van der Waals surface area contributed by atoms with E-state index in [-0.39, 0.29) is 38.8 Å². The maximum Gasteiger partial charge on any atom is 0.160 e. The predicted molar refractivity (Wildman–Crippen MR) is 44.1 cm³/mol. The molecule has 1 aliphatic heterocycles. The molecule has 0 amide bonds. The zero-order valence-electron chi connectivity index (χ0n) is 7.19. The number of carbonyl (C=O) groups is 1. The van der Waals surface area contributed by atoms with Gasteiger partial charge in [-0.2, -0.15) is 18.2 Å². The fourth-order valence-corrected chi connectivity index (χ4v) is 1.38. The third-order valence-electron chi connectivity index (χ3n) is 2.03. The van der Waals surface area contributed by atoms with Crippen LogP contribution >= 0.6 is 0 Å². The Labute approximate surface area is 103 Å². The summed E-state index contributed by atoms with van der Waals surface area (Å²) in [6.45, 7) is 0. The average molecular weight is 250 g/mol. The van der Waals surface area contributed by atoms with Crippen LogP contribution in [0.15, 0.2) is 18.2 Å². The third-order valence-corrected chi connectivity index (χ3v) is 2.03. The van der Waals surface area contributed by atoms with Crippen molar-refractivity contribution in [3.63, 3.8) is 0 Å². The molecule has 0 saturated carbocycles. The van der Waals surface area contributed by atoms with E-state index in [1.807, 2.05) is 12.1 Å². The molecule has 1 aromatic rings. The summed E-state index contributed by atoms with van der Waals surface area (Å²) in [6.07, 6.45) is 2.31. The Hall–Kier alpha value is -0.206. The van der Waals surface area contributed by atoms with E-state index < -0.39 is 0 Å². The van der Waals surface area contributed by atoms with Crippen LogP contribution in [0.5, 0.6) is 5.75 Å². The van der Waals surface area contributed by atoms with Gasteiger partial charge in [-0.15, -0.1) is 11.6 Å². The van der Waals surface area contributed by atoms with Gasteiger partial charge in [0.25, 0.3) is 0 Å². The van der Waals surface area contributed by atoms with Gasteiger partial charge >= 0.3 is 0 Å². The van der Waals surface area contributed by atoms with Gasteiger partial charge in [-0.05, 0) is 6.42 Å². The quantitative estimate of drug-likeness (QED) is 0.556. The molecule has 1 heterocycles. The predicted octanol–water partition coefficient (Wildman–Crippen LogP) is 1.38. The number of fused-ring (bicyclic) bond motifs is 1. The Bertz CT molecular complexity index is 299. The summed E-state index contributed by atoms with van der Waals surface area (Å²) in [6, 6.07) is 8.55. The summed E-state index contributed by atoms with van der Waals surface area (Å²) < 4.78 is 5.39. The van der Waals surface area contributed by atoms with Crippen LogP contribution in [0.2, 0.25) is 0 Å². The summed E-state index contributed by atoms with van der Waals surface area (Å²) in [4.78, 5) is 10.4. The van der Waals surface area contributed by atoms with Crippen LogP contribution in [0, 0.1) is 6.07 Å². The molecule has 1 radical (unpaired) electrons. The second-order valence-electron chi connectivity index (χ2n) is 2.86. The van der Waals surface area contributed by atoms with Crippen LogP contribution in [0.25, 0.3) is 0 Å². The normalized spacial score (nSPS) is 19.2. The molecule has 0 saturated heterocycles. The van der Waals surface area contributed by atoms with Crippen molar-refractivity contribution in [1.82, 2.24) is 0 Å². The topological polar surface area (TPSA) is 26.3 Å². The molecule has 65 valence electrons. The van der Waals surface area contributed by atoms with Gasteiger partial charge in [0.15, 0.2) is 6.29 Å². The van der Waals surface area contributed by atoms with E-state index in [2.05, 4.69) is 6.07 Å². The van der Waals surface area contributed by atoms with Gasteiger partial charge in [0.05, 0.1) is 0 Å². The van der Waals surface area contributed by atoms with Crippen molar-refractivity contribution in [3.8, 4) is 5.75 Å². The van der Waals surface area contributed by atoms with Crippen LogP contribution in [0.1, 0.15) is 12.0 Å². The standard InChI is InChI=1S/C10H9O2.Y/c11-7-9-6-5-8-3-1-2-4-10(8)12-9;/h2-4,7,9H,5-6H2;/q-1;. The Kier molecular flexibility index (Phi) is 4.07. The molecule has 0 aromatic heterocycles. The fourth-order valence-electron chi connectivity index (χ4n) is 1.38. The van der Waals surface area contributed by atoms with E-state index in [1.54, 1.807) is 6.07 Å². The molecule has 1 atom stereocenters. The summed E-state index contributed by atoms with van der Waals surface area (Å²) in [5.41, 5.74) is 1.15. The molecule has 1 aliphatic rings. The Morgan fingerprint density at radius 2 is 2.46 bits per heavy atom. The molecule has 0 spiro atoms. The molecular formula is C10H9O2Y-. The first-order valence-corrected chi connectivity index (χ1v) is 4.01. The van der Waals surface area contributed by atoms with E-state index in [4.69, 9.17) is 4.74 Å². The first kappa shape index (κ1) is 10.9. The summed E-state index contributed by atoms with van der Waals surface area (Å²) >= 11 is 0. The second-order valence-corrected chi connectivity index (χ2v) is 2.86. The Morgan fingerprint density at radius 3 is 3.23 bits per heavy atom. The van der Waals surface area contributed by atoms with Crippen LogP contribution in [0.4, 0.5) is 0 Å². The molecule has 0 N–H and O–H groups in total. The van der Waals surface area contributed by atoms with Crippen LogP contribution in [-0.2, 0) is 43.9 Å². The van der Waals surface area contributed by atoms with Crippen molar-refractivity contribution < 1.29 is 42.2 Å². The summed E-state index contributed by atoms with van der Waals surface area (Å²) in [5, 5.41) is 0. The molecule has 1 aromatic carbocycles. The van der Waals surface area contributed by atoms with Crippen molar-refractivity contribution >= 4 is 6.29 Å². The number of carbonyl (C=O) groups excluding carboxylic acids is 1. The second kappa shape index (κ2) is 4.87. The minimum absolute atomic E-state index is 0. The van der Waals surface area contributed by atoms with Gasteiger partial charge in [-0.1, -0.05) is 6.42 Å². The molecule has 3 heteroatoms. The molecular weight excluding hydrogens is 241 g/mol. The van der Waals surface area contributed by atoms with Crippen molar-refractivity contribution in [2.45, 2.75) is 18.9 Å². The first-order chi connectivity index (χ1) is 5.90. The van der Waals surface area contributed by atoms with Crippen molar-refractivity contribution in [1.29, 1.82) is 0 Å². The number of aldehydes is 1. The Morgan fingerprint density at radius 1 is 1.62 bits per heavy atom. The van der Waals surface area contributed by atoms with E-state index in [9.17, 15) is 4.79 Å². The molecule has 2 rings (SSSR count). The van der Waals surface area contributed by atoms with Gasteiger partial charge in [0, 0.05) is 38.5 Å². The number of benzene rings is 1. The van der Waals surface area contributed by atoms with Crippen molar-refractivity contribution in [3.05, 3.63) is 29.8 Å². The number of rotatable bonds is 1. The summed E-state index contributed by atoms with van der Waals surface area (Å²) in [5.74, 6) is 0.831. The first-order valence-electron chi connectivity index (χ1n) is 4.01. The van der Waals surface area contributed by atoms with E-state index in [0.29, 0.717) is 0 Å². The molecule has 0 aliphatic carbocycles. The van der Waals surface area contributed by atoms with Gasteiger partial charge < -0.3 is 4.74 Å². The van der Waals surface area contributed by atoms with Crippen LogP contribution < -0.4 is 4.74 Å². The molecule has 2 nitrogen and oxygen atoms in total. The SMILES string of the molecule is O=CC1CCc2c[c-]ccc2O1.[Y]. The van der Waals surface area contributed by atoms with Gasteiger partial charge in [0.2, 0.25) is 0 Å². The third kappa shape index (κ3) is 2.38. The molecule has 1 unspecified atom stereocenters. The average Bonchev–Trinajstić information content (AvgIpc) is 2.17. The maximum atomic E-state index is 10.4. The number of ether oxygens (including phenoxy) is 1. The van der Waals surface area contributed by atoms with Gasteiger partial charge in [-0.25, -0.2) is 0 Å². The summed E-state index contributed by atoms with van der Waals surface area (Å²) in [7, 11) is 0. The van der Waals surface area contributed by atoms with Crippen molar-refractivity contribution in [2.24, 2.45) is 0 Å². The number of hydrogen-bond donors (Lipinski definition) is 0. The molecule has 13 heavy (non-hydrogen) atoms. The minimum atomic E-state index is -0.250.